The monoisotopic (exact) mass is 345 g/mol. The van der Waals surface area contributed by atoms with E-state index in [9.17, 15) is 9.59 Å². The van der Waals surface area contributed by atoms with E-state index in [1.807, 2.05) is 31.2 Å². The van der Waals surface area contributed by atoms with Crippen molar-refractivity contribution < 1.29 is 23.8 Å². The Labute approximate surface area is 146 Å². The molecule has 1 aliphatic rings. The molecule has 0 unspecified atom stereocenters. The van der Waals surface area contributed by atoms with Crippen LogP contribution in [-0.2, 0) is 27.3 Å². The fourth-order valence-electron chi connectivity index (χ4n) is 3.46. The van der Waals surface area contributed by atoms with Crippen LogP contribution in [0.5, 0.6) is 0 Å². The molecule has 1 N–H and O–H groups in total. The molecule has 1 aromatic heterocycles. The number of fused-ring (bicyclic) bond motifs is 1. The van der Waals surface area contributed by atoms with Crippen LogP contribution in [-0.4, -0.2) is 41.1 Å². The lowest BCUT2D eigenvalue weighted by molar-refractivity contribution is -0.155. The second-order valence-corrected chi connectivity index (χ2v) is 6.64. The maximum absolute atomic E-state index is 12.7. The first kappa shape index (κ1) is 17.5. The minimum Gasteiger partial charge on any atom is -0.479 e. The largest absolute Gasteiger partial charge is 0.479 e. The summed E-state index contributed by atoms with van der Waals surface area (Å²) in [5.74, 6) is -0.520. The van der Waals surface area contributed by atoms with Crippen molar-refractivity contribution in [3.8, 4) is 0 Å². The van der Waals surface area contributed by atoms with Gasteiger partial charge in [-0.1, -0.05) is 32.0 Å². The highest BCUT2D eigenvalue weighted by atomic mass is 16.5. The van der Waals surface area contributed by atoms with Gasteiger partial charge in [0.05, 0.1) is 0 Å². The third kappa shape index (κ3) is 3.26. The number of carbonyl (C=O) groups excluding carboxylic acids is 1. The normalized spacial score (nSPS) is 23.1. The SMILES string of the molecule is CCc1oc2ccccc2c1CN(C)C(=O)[C@@H]1C[C@H](C)[C@@H](C(=O)O)O1. The molecule has 0 aliphatic carbocycles. The predicted molar refractivity (Wildman–Crippen MR) is 92.1 cm³/mol. The summed E-state index contributed by atoms with van der Waals surface area (Å²) in [6.45, 7) is 4.22. The number of likely N-dealkylation sites (N-methyl/N-ethyl adjacent to an activating group) is 1. The number of hydrogen-bond donors (Lipinski definition) is 1. The van der Waals surface area contributed by atoms with Crippen LogP contribution in [0.2, 0.25) is 0 Å². The van der Waals surface area contributed by atoms with Crippen molar-refractivity contribution in [1.29, 1.82) is 0 Å². The number of ether oxygens (including phenoxy) is 1. The van der Waals surface area contributed by atoms with Crippen LogP contribution in [0.4, 0.5) is 0 Å². The van der Waals surface area contributed by atoms with E-state index < -0.39 is 18.2 Å². The summed E-state index contributed by atoms with van der Waals surface area (Å²) in [5.41, 5.74) is 1.81. The summed E-state index contributed by atoms with van der Waals surface area (Å²) in [7, 11) is 1.71. The third-order valence-corrected chi connectivity index (χ3v) is 4.81. The van der Waals surface area contributed by atoms with Gasteiger partial charge in [-0.05, 0) is 18.4 Å². The van der Waals surface area contributed by atoms with E-state index in [1.165, 1.54) is 0 Å². The van der Waals surface area contributed by atoms with Crippen molar-refractivity contribution in [3.63, 3.8) is 0 Å². The average Bonchev–Trinajstić information content (AvgIpc) is 3.15. The van der Waals surface area contributed by atoms with E-state index in [2.05, 4.69) is 0 Å². The van der Waals surface area contributed by atoms with Crippen molar-refractivity contribution >= 4 is 22.8 Å². The van der Waals surface area contributed by atoms with Gasteiger partial charge in [-0.15, -0.1) is 0 Å². The molecule has 134 valence electrons. The molecule has 1 aromatic carbocycles. The molecule has 3 atom stereocenters. The second kappa shape index (κ2) is 6.88. The van der Waals surface area contributed by atoms with Gasteiger partial charge in [-0.2, -0.15) is 0 Å². The quantitative estimate of drug-likeness (QED) is 0.901. The number of furan rings is 1. The molecular weight excluding hydrogens is 322 g/mol. The van der Waals surface area contributed by atoms with Crippen LogP contribution in [0.3, 0.4) is 0 Å². The van der Waals surface area contributed by atoms with Crippen LogP contribution in [0.1, 0.15) is 31.6 Å². The number of benzene rings is 1. The Morgan fingerprint density at radius 2 is 2.04 bits per heavy atom. The van der Waals surface area contributed by atoms with Gasteiger partial charge in [0.2, 0.25) is 0 Å². The average molecular weight is 345 g/mol. The Bertz CT molecular complexity index is 796. The van der Waals surface area contributed by atoms with Crippen LogP contribution in [0.25, 0.3) is 11.0 Å². The lowest BCUT2D eigenvalue weighted by atomic mass is 10.0. The van der Waals surface area contributed by atoms with Gasteiger partial charge in [0.1, 0.15) is 17.4 Å². The lowest BCUT2D eigenvalue weighted by Gasteiger charge is -2.21. The van der Waals surface area contributed by atoms with Gasteiger partial charge in [0, 0.05) is 31.0 Å². The minimum atomic E-state index is -1.01. The van der Waals surface area contributed by atoms with Crippen LogP contribution in [0, 0.1) is 5.92 Å². The van der Waals surface area contributed by atoms with Gasteiger partial charge in [0.25, 0.3) is 5.91 Å². The first-order valence-electron chi connectivity index (χ1n) is 8.54. The van der Waals surface area contributed by atoms with Crippen molar-refractivity contribution in [2.75, 3.05) is 7.05 Å². The molecular formula is C19H23NO5. The van der Waals surface area contributed by atoms with E-state index in [0.717, 1.165) is 28.7 Å². The van der Waals surface area contributed by atoms with Crippen LogP contribution < -0.4 is 0 Å². The van der Waals surface area contributed by atoms with Crippen molar-refractivity contribution in [1.82, 2.24) is 4.90 Å². The molecule has 2 aromatic rings. The highest BCUT2D eigenvalue weighted by molar-refractivity contribution is 5.85. The Kier molecular flexibility index (Phi) is 4.81. The van der Waals surface area contributed by atoms with Crippen molar-refractivity contribution in [2.24, 2.45) is 5.92 Å². The fraction of sp³-hybridized carbons (Fsp3) is 0.474. The molecule has 0 spiro atoms. The minimum absolute atomic E-state index is 0.180. The third-order valence-electron chi connectivity index (χ3n) is 4.81. The summed E-state index contributed by atoms with van der Waals surface area (Å²) in [5, 5.41) is 10.2. The van der Waals surface area contributed by atoms with E-state index >= 15 is 0 Å². The standard InChI is InChI=1S/C19H23NO5/c1-4-14-13(12-7-5-6-8-15(12)24-14)10-20(3)18(21)16-9-11(2)17(25-16)19(22)23/h5-8,11,16-17H,4,9-10H2,1-3H3,(H,22,23)/t11-,16-,17-/m0/s1. The molecule has 0 saturated carbocycles. The van der Waals surface area contributed by atoms with E-state index in [1.54, 1.807) is 18.9 Å². The number of carboxylic acid groups (broad SMARTS) is 1. The maximum atomic E-state index is 12.7. The van der Waals surface area contributed by atoms with Gasteiger partial charge >= 0.3 is 5.97 Å². The molecule has 1 fully saturated rings. The molecule has 1 saturated heterocycles. The lowest BCUT2D eigenvalue weighted by Crippen LogP contribution is -2.37. The number of amides is 1. The second-order valence-electron chi connectivity index (χ2n) is 6.64. The maximum Gasteiger partial charge on any atom is 0.333 e. The summed E-state index contributed by atoms with van der Waals surface area (Å²) in [6.07, 6.45) is -0.454. The Balaban J connectivity index is 1.78. The zero-order valence-electron chi connectivity index (χ0n) is 14.7. The molecule has 1 aliphatic heterocycles. The van der Waals surface area contributed by atoms with Crippen molar-refractivity contribution in [3.05, 3.63) is 35.6 Å². The highest BCUT2D eigenvalue weighted by Crippen LogP contribution is 2.30. The summed E-state index contributed by atoms with van der Waals surface area (Å²) in [4.78, 5) is 25.5. The van der Waals surface area contributed by atoms with E-state index in [-0.39, 0.29) is 11.8 Å². The summed E-state index contributed by atoms with van der Waals surface area (Å²) < 4.78 is 11.3. The van der Waals surface area contributed by atoms with Gasteiger partial charge < -0.3 is 19.2 Å². The topological polar surface area (TPSA) is 80.0 Å². The number of para-hydroxylation sites is 1. The molecule has 2 heterocycles. The Hall–Kier alpha value is -2.34. The van der Waals surface area contributed by atoms with Crippen LogP contribution >= 0.6 is 0 Å². The summed E-state index contributed by atoms with van der Waals surface area (Å²) >= 11 is 0. The zero-order chi connectivity index (χ0) is 18.1. The molecule has 3 rings (SSSR count). The molecule has 6 heteroatoms. The number of aliphatic carboxylic acids is 1. The highest BCUT2D eigenvalue weighted by Gasteiger charge is 2.41. The van der Waals surface area contributed by atoms with Gasteiger partial charge in [-0.25, -0.2) is 4.79 Å². The Morgan fingerprint density at radius 3 is 2.68 bits per heavy atom. The number of carboxylic acids is 1. The van der Waals surface area contributed by atoms with Gasteiger partial charge in [0.15, 0.2) is 6.10 Å². The molecule has 0 bridgehead atoms. The van der Waals surface area contributed by atoms with Crippen LogP contribution in [0.15, 0.2) is 28.7 Å². The predicted octanol–water partition coefficient (Wildman–Crippen LogP) is 2.83. The molecule has 25 heavy (non-hydrogen) atoms. The molecule has 1 amide bonds. The van der Waals surface area contributed by atoms with Crippen molar-refractivity contribution in [2.45, 2.75) is 45.4 Å². The number of aryl methyl sites for hydroxylation is 1. The smallest absolute Gasteiger partial charge is 0.333 e. The van der Waals surface area contributed by atoms with E-state index in [4.69, 9.17) is 14.3 Å². The number of carbonyl (C=O) groups is 2. The van der Waals surface area contributed by atoms with E-state index in [0.29, 0.717) is 13.0 Å². The Morgan fingerprint density at radius 1 is 1.32 bits per heavy atom. The first-order valence-corrected chi connectivity index (χ1v) is 8.54. The number of hydrogen-bond acceptors (Lipinski definition) is 4. The number of rotatable bonds is 5. The number of nitrogens with zero attached hydrogens (tertiary/aromatic N) is 1. The fourth-order valence-corrected chi connectivity index (χ4v) is 3.46. The first-order chi connectivity index (χ1) is 11.9. The summed E-state index contributed by atoms with van der Waals surface area (Å²) in [6, 6.07) is 7.77. The molecule has 6 nitrogen and oxygen atoms in total. The molecule has 0 radical (unpaired) electrons. The van der Waals surface area contributed by atoms with Gasteiger partial charge in [-0.3, -0.25) is 4.79 Å². The zero-order valence-corrected chi connectivity index (χ0v) is 14.7.